The third-order valence-corrected chi connectivity index (χ3v) is 5.92. The zero-order valence-electron chi connectivity index (χ0n) is 18.6. The number of fused-ring (bicyclic) bond motifs is 3. The first kappa shape index (κ1) is 22.4. The number of carbonyl (C=O) groups is 2. The first-order chi connectivity index (χ1) is 16.0. The Kier molecular flexibility index (Phi) is 6.39. The SMILES string of the molecule is CCCCCN1C(=O)[C@@H](C(=O)OCC)[C@H](c2ccccc2[N+](=O)[O-])n2c1nc1ccccc12. The molecule has 172 valence electrons. The van der Waals surface area contributed by atoms with Crippen LogP contribution in [-0.2, 0) is 14.3 Å². The third-order valence-electron chi connectivity index (χ3n) is 5.92. The van der Waals surface area contributed by atoms with Crippen LogP contribution in [0.5, 0.6) is 0 Å². The van der Waals surface area contributed by atoms with Crippen molar-refractivity contribution in [2.45, 2.75) is 39.2 Å². The molecule has 1 amide bonds. The predicted molar refractivity (Wildman–Crippen MR) is 123 cm³/mol. The van der Waals surface area contributed by atoms with Crippen LogP contribution in [0.4, 0.5) is 11.6 Å². The van der Waals surface area contributed by atoms with Gasteiger partial charge in [0.25, 0.3) is 5.69 Å². The smallest absolute Gasteiger partial charge is 0.321 e. The molecule has 4 rings (SSSR count). The summed E-state index contributed by atoms with van der Waals surface area (Å²) < 4.78 is 7.08. The number of anilines is 1. The molecule has 9 nitrogen and oxygen atoms in total. The number of benzene rings is 2. The standard InChI is InChI=1S/C24H26N4O5/c1-3-5-10-15-26-22(29)20(23(30)33-4-2)21(16-11-6-8-13-18(16)28(31)32)27-19-14-9-7-12-17(19)25-24(26)27/h6-9,11-14,20-21H,3-5,10,15H2,1-2H3/t20-,21-/m0/s1. The van der Waals surface area contributed by atoms with Gasteiger partial charge in [-0.1, -0.05) is 50.1 Å². The second-order valence-electron chi connectivity index (χ2n) is 7.96. The molecule has 0 N–H and O–H groups in total. The van der Waals surface area contributed by atoms with E-state index in [0.29, 0.717) is 23.5 Å². The van der Waals surface area contributed by atoms with Gasteiger partial charge >= 0.3 is 5.97 Å². The van der Waals surface area contributed by atoms with Gasteiger partial charge in [-0.25, -0.2) is 4.98 Å². The third kappa shape index (κ3) is 3.94. The van der Waals surface area contributed by atoms with E-state index >= 15 is 0 Å². The Hall–Kier alpha value is -3.75. The van der Waals surface area contributed by atoms with Gasteiger partial charge in [-0.2, -0.15) is 0 Å². The van der Waals surface area contributed by atoms with Gasteiger partial charge in [-0.05, 0) is 25.5 Å². The number of nitro groups is 1. The number of imidazole rings is 1. The van der Waals surface area contributed by atoms with Crippen LogP contribution in [0.2, 0.25) is 0 Å². The van der Waals surface area contributed by atoms with Gasteiger partial charge in [0.2, 0.25) is 11.9 Å². The lowest BCUT2D eigenvalue weighted by atomic mass is 9.88. The van der Waals surface area contributed by atoms with E-state index in [1.807, 2.05) is 24.3 Å². The minimum atomic E-state index is -1.27. The number of para-hydroxylation sites is 3. The number of nitrogens with zero attached hydrogens (tertiary/aromatic N) is 4. The Bertz CT molecular complexity index is 1200. The second kappa shape index (κ2) is 9.40. The highest BCUT2D eigenvalue weighted by Crippen LogP contribution is 2.43. The van der Waals surface area contributed by atoms with Crippen molar-refractivity contribution < 1.29 is 19.2 Å². The summed E-state index contributed by atoms with van der Waals surface area (Å²) in [5.41, 5.74) is 1.45. The van der Waals surface area contributed by atoms with Crippen LogP contribution in [0.25, 0.3) is 11.0 Å². The maximum absolute atomic E-state index is 13.7. The first-order valence-corrected chi connectivity index (χ1v) is 11.2. The van der Waals surface area contributed by atoms with Crippen molar-refractivity contribution in [3.8, 4) is 0 Å². The molecule has 0 spiro atoms. The van der Waals surface area contributed by atoms with E-state index in [4.69, 9.17) is 9.72 Å². The van der Waals surface area contributed by atoms with Crippen molar-refractivity contribution in [1.82, 2.24) is 9.55 Å². The van der Waals surface area contributed by atoms with Gasteiger partial charge in [0.15, 0.2) is 5.92 Å². The zero-order valence-corrected chi connectivity index (χ0v) is 18.6. The Morgan fingerprint density at radius 2 is 1.85 bits per heavy atom. The van der Waals surface area contributed by atoms with Crippen LogP contribution in [0.1, 0.15) is 44.7 Å². The number of ether oxygens (including phenoxy) is 1. The summed E-state index contributed by atoms with van der Waals surface area (Å²) in [5, 5.41) is 11.9. The fourth-order valence-electron chi connectivity index (χ4n) is 4.46. The first-order valence-electron chi connectivity index (χ1n) is 11.2. The lowest BCUT2D eigenvalue weighted by Gasteiger charge is -2.37. The van der Waals surface area contributed by atoms with Gasteiger partial charge in [-0.15, -0.1) is 0 Å². The van der Waals surface area contributed by atoms with Crippen molar-refractivity contribution in [2.24, 2.45) is 5.92 Å². The molecular formula is C24H26N4O5. The van der Waals surface area contributed by atoms with Crippen molar-refractivity contribution in [1.29, 1.82) is 0 Å². The van der Waals surface area contributed by atoms with E-state index in [0.717, 1.165) is 19.3 Å². The molecule has 0 saturated heterocycles. The van der Waals surface area contributed by atoms with Crippen molar-refractivity contribution in [3.63, 3.8) is 0 Å². The molecule has 0 fully saturated rings. The molecule has 33 heavy (non-hydrogen) atoms. The summed E-state index contributed by atoms with van der Waals surface area (Å²) in [7, 11) is 0. The number of unbranched alkanes of at least 4 members (excludes halogenated alkanes) is 2. The highest BCUT2D eigenvalue weighted by atomic mass is 16.6. The molecule has 0 radical (unpaired) electrons. The van der Waals surface area contributed by atoms with E-state index in [2.05, 4.69) is 6.92 Å². The lowest BCUT2D eigenvalue weighted by Crippen LogP contribution is -2.50. The molecule has 1 aliphatic heterocycles. The number of rotatable bonds is 8. The maximum Gasteiger partial charge on any atom is 0.321 e. The Balaban J connectivity index is 2.00. The summed E-state index contributed by atoms with van der Waals surface area (Å²) in [6.45, 7) is 4.23. The number of hydrogen-bond acceptors (Lipinski definition) is 6. The van der Waals surface area contributed by atoms with Gasteiger partial charge in [-0.3, -0.25) is 24.6 Å². The summed E-state index contributed by atoms with van der Waals surface area (Å²) >= 11 is 0. The molecule has 0 saturated carbocycles. The fourth-order valence-corrected chi connectivity index (χ4v) is 4.46. The molecule has 1 aliphatic rings. The largest absolute Gasteiger partial charge is 0.465 e. The van der Waals surface area contributed by atoms with Crippen LogP contribution in [0, 0.1) is 16.0 Å². The molecule has 2 aromatic carbocycles. The molecule has 9 heteroatoms. The average Bonchev–Trinajstić information content (AvgIpc) is 3.19. The maximum atomic E-state index is 13.7. The number of hydrogen-bond donors (Lipinski definition) is 0. The molecular weight excluding hydrogens is 424 g/mol. The topological polar surface area (TPSA) is 108 Å². The number of nitro benzene ring substituents is 1. The van der Waals surface area contributed by atoms with Crippen molar-refractivity contribution in [3.05, 3.63) is 64.2 Å². The Morgan fingerprint density at radius 1 is 1.12 bits per heavy atom. The summed E-state index contributed by atoms with van der Waals surface area (Å²) in [5.74, 6) is -2.02. The van der Waals surface area contributed by atoms with Crippen LogP contribution >= 0.6 is 0 Å². The quantitative estimate of drug-likeness (QED) is 0.167. The minimum absolute atomic E-state index is 0.0968. The normalized spacial score (nSPS) is 17.8. The van der Waals surface area contributed by atoms with Crippen molar-refractivity contribution >= 4 is 34.5 Å². The van der Waals surface area contributed by atoms with Gasteiger partial charge in [0.05, 0.1) is 34.2 Å². The number of esters is 1. The Morgan fingerprint density at radius 3 is 2.58 bits per heavy atom. The summed E-state index contributed by atoms with van der Waals surface area (Å²) in [4.78, 5) is 44.5. The summed E-state index contributed by atoms with van der Waals surface area (Å²) in [6, 6.07) is 12.6. The monoisotopic (exact) mass is 450 g/mol. The molecule has 3 aromatic rings. The molecule has 2 heterocycles. The fraction of sp³-hybridized carbons (Fsp3) is 0.375. The lowest BCUT2D eigenvalue weighted by molar-refractivity contribution is -0.385. The number of aromatic nitrogens is 2. The van der Waals surface area contributed by atoms with E-state index in [-0.39, 0.29) is 17.9 Å². The zero-order chi connectivity index (χ0) is 23.5. The van der Waals surface area contributed by atoms with Crippen LogP contribution in [0.15, 0.2) is 48.5 Å². The van der Waals surface area contributed by atoms with E-state index < -0.39 is 28.8 Å². The van der Waals surface area contributed by atoms with E-state index in [9.17, 15) is 19.7 Å². The molecule has 0 bridgehead atoms. The van der Waals surface area contributed by atoms with Crippen LogP contribution in [0.3, 0.4) is 0 Å². The van der Waals surface area contributed by atoms with Gasteiger partial charge in [0.1, 0.15) is 0 Å². The molecule has 2 atom stereocenters. The van der Waals surface area contributed by atoms with E-state index in [1.165, 1.54) is 11.0 Å². The highest BCUT2D eigenvalue weighted by molar-refractivity contribution is 6.08. The summed E-state index contributed by atoms with van der Waals surface area (Å²) in [6.07, 6.45) is 2.64. The average molecular weight is 450 g/mol. The van der Waals surface area contributed by atoms with E-state index in [1.54, 1.807) is 29.7 Å². The van der Waals surface area contributed by atoms with Crippen molar-refractivity contribution in [2.75, 3.05) is 18.1 Å². The highest BCUT2D eigenvalue weighted by Gasteiger charge is 2.49. The van der Waals surface area contributed by atoms with Crippen LogP contribution < -0.4 is 4.90 Å². The molecule has 0 aliphatic carbocycles. The van der Waals surface area contributed by atoms with Gasteiger partial charge < -0.3 is 9.30 Å². The van der Waals surface area contributed by atoms with Crippen LogP contribution in [-0.4, -0.2) is 39.5 Å². The van der Waals surface area contributed by atoms with Gasteiger partial charge in [0, 0.05) is 12.6 Å². The molecule has 1 aromatic heterocycles. The minimum Gasteiger partial charge on any atom is -0.465 e. The Labute approximate surface area is 191 Å². The second-order valence-corrected chi connectivity index (χ2v) is 7.96. The molecule has 0 unspecified atom stereocenters. The predicted octanol–water partition coefficient (Wildman–Crippen LogP) is 4.25. The number of amides is 1. The number of carbonyl (C=O) groups excluding carboxylic acids is 2.